The predicted molar refractivity (Wildman–Crippen MR) is 167 cm³/mol. The van der Waals surface area contributed by atoms with Crippen molar-refractivity contribution in [2.75, 3.05) is 14.1 Å². The molecule has 0 aromatic carbocycles. The first-order chi connectivity index (χ1) is 6.42. The Labute approximate surface area is 292 Å². The van der Waals surface area contributed by atoms with Crippen molar-refractivity contribution in [2.45, 2.75) is 117 Å². The third kappa shape index (κ3) is 3720. The van der Waals surface area contributed by atoms with Crippen molar-refractivity contribution in [1.82, 2.24) is 4.90 Å². The summed E-state index contributed by atoms with van der Waals surface area (Å²) in [5.41, 5.74) is 0. The maximum absolute atomic E-state index is 9.44. The minimum absolute atomic E-state index is 0. The van der Waals surface area contributed by atoms with Crippen LogP contribution < -0.4 is 0 Å². The molecule has 0 aromatic rings. The predicted octanol–water partition coefficient (Wildman–Crippen LogP) is 10.1. The molecule has 0 aromatic heterocycles. The molecule has 0 bridgehead atoms. The average Bonchev–Trinajstić information content (AvgIpc) is 2.08. The fourth-order valence-corrected chi connectivity index (χ4v) is 0. The van der Waals surface area contributed by atoms with Crippen LogP contribution in [0.5, 0.6) is 0 Å². The number of Topliss-reactive ketones (excluding diaryl/α,β-unsaturated/α-hetero) is 1. The van der Waals surface area contributed by atoms with Gasteiger partial charge in [0, 0.05) is 21.1 Å². The largest absolute Gasteiger partial charge is 2.00 e. The van der Waals surface area contributed by atoms with Crippen molar-refractivity contribution >= 4 is 25.3 Å². The van der Waals surface area contributed by atoms with Crippen LogP contribution in [0.2, 0.25) is 0 Å². The summed E-state index contributed by atoms with van der Waals surface area (Å²) in [6, 6.07) is 0. The number of rotatable bonds is 1. The minimum Gasteiger partial charge on any atom is -0.545 e. The van der Waals surface area contributed by atoms with Gasteiger partial charge < -0.3 is 53.8 Å². The second-order valence-electron chi connectivity index (χ2n) is 2.10. The van der Waals surface area contributed by atoms with Crippen LogP contribution in [0.15, 0.2) is 0 Å². The Morgan fingerprint density at radius 2 is 0.600 bits per heavy atom. The Balaban J connectivity index is -0.00000000140. The van der Waals surface area contributed by atoms with Crippen molar-refractivity contribution in [1.29, 1.82) is 0 Å². The monoisotopic (exact) mass is 1210 g/mol. The zero-order valence-electron chi connectivity index (χ0n) is 14.8. The zero-order valence-corrected chi connectivity index (χ0v) is 26.5. The molecule has 0 aliphatic carbocycles. The zero-order chi connectivity index (χ0) is 12.6. The molecule has 0 saturated carbocycles. The second-order valence-corrected chi connectivity index (χ2v) is 2.10. The van der Waals surface area contributed by atoms with E-state index in [2.05, 4.69) is 6.79 Å². The van der Waals surface area contributed by atoms with Gasteiger partial charge in [-0.3, -0.25) is 13.1 Å². The molecule has 0 rings (SSSR count). The first-order valence-electron chi connectivity index (χ1n) is 3.47. The van der Waals surface area contributed by atoms with E-state index >= 15 is 0 Å². The molecule has 0 unspecified atom stereocenters. The summed E-state index contributed by atoms with van der Waals surface area (Å²) in [5.74, 6) is 0.167. The van der Waals surface area contributed by atoms with Crippen LogP contribution in [0, 0.1) is 29.7 Å². The summed E-state index contributed by atoms with van der Waals surface area (Å²) < 4.78 is 0. The molecule has 0 radical (unpaired) electrons. The molecule has 0 fully saturated rings. The smallest absolute Gasteiger partial charge is 0.545 e. The van der Waals surface area contributed by atoms with Gasteiger partial charge in [0.1, 0.15) is 5.78 Å². The molecule has 238 valence electrons. The fraction of sp³-hybridized carbons (Fsp3) is 0.692. The molecule has 0 saturated heterocycles. The van der Waals surface area contributed by atoms with Gasteiger partial charge in [0.2, 0.25) is 0 Å². The van der Waals surface area contributed by atoms with E-state index in [9.17, 15) is 9.59 Å². The summed E-state index contributed by atoms with van der Waals surface area (Å²) in [7, 11) is 3.26. The van der Waals surface area contributed by atoms with Gasteiger partial charge >= 0.3 is 63.2 Å². The number of hydrogen-bond acceptors (Lipinski definition) is 4. The van der Waals surface area contributed by atoms with Crippen LogP contribution in [-0.2, 0) is 103 Å². The van der Waals surface area contributed by atoms with Crippen LogP contribution in [0.25, 0.3) is 0 Å². The number of ketones is 1. The molecular weight excluding hydrogens is 1130 g/mol. The van der Waals surface area contributed by atoms with Gasteiger partial charge in [-0.15, -0.1) is 0 Å². The number of carbonyl (C=O) groups excluding carboxylic acids is 4. The van der Waals surface area contributed by atoms with Crippen molar-refractivity contribution in [3.8, 4) is 0 Å². The van der Waals surface area contributed by atoms with Gasteiger partial charge in [-0.25, -0.2) is 0 Å². The molecule has 35 heavy (non-hydrogen) atoms. The van der Waals surface area contributed by atoms with E-state index in [1.807, 2.05) is 0 Å². The molecule has 1 amide bonds. The molecule has 0 spiro atoms. The van der Waals surface area contributed by atoms with Gasteiger partial charge in [0.05, 0.1) is 0 Å². The normalized spacial score (nSPS) is 2.20. The number of amides is 1. The van der Waals surface area contributed by atoms with E-state index in [1.54, 1.807) is 20.5 Å². The Morgan fingerprint density at radius 1 is 0.571 bits per heavy atom. The van der Waals surface area contributed by atoms with Crippen LogP contribution in [0.1, 0.15) is 117 Å². The van der Waals surface area contributed by atoms with Crippen LogP contribution >= 0.6 is 0 Å². The molecular formula is C26H80NO4W4-. The van der Waals surface area contributed by atoms with E-state index < -0.39 is 0 Å². The summed E-state index contributed by atoms with van der Waals surface area (Å²) >= 11 is 0. The van der Waals surface area contributed by atoms with E-state index in [1.165, 1.54) is 32.0 Å². The first-order valence-corrected chi connectivity index (χ1v) is 3.47. The number of nitrogens with zero attached hydrogens (tertiary/aromatic N) is 1. The molecule has 0 aliphatic heterocycles. The molecule has 5 nitrogen and oxygen atoms in total. The average molecular weight is 1210 g/mol. The van der Waals surface area contributed by atoms with Crippen molar-refractivity contribution in [2.24, 2.45) is 0 Å². The van der Waals surface area contributed by atoms with Crippen LogP contribution in [0.4, 0.5) is 0 Å². The van der Waals surface area contributed by atoms with Crippen molar-refractivity contribution in [3.05, 3.63) is 29.7 Å². The van der Waals surface area contributed by atoms with Gasteiger partial charge in [-0.1, -0.05) is 96.5 Å². The molecule has 0 heterocycles. The summed E-state index contributed by atoms with van der Waals surface area (Å²) in [6.07, 6.45) is 3.11. The van der Waals surface area contributed by atoms with Gasteiger partial charge in [0.15, 0.2) is 0 Å². The topological polar surface area (TPSA) is 71.5 Å². The molecule has 0 aliphatic rings. The Hall–Kier alpha value is 1.23. The van der Waals surface area contributed by atoms with E-state index in [4.69, 9.17) is 9.59 Å². The van der Waals surface area contributed by atoms with Crippen LogP contribution in [0.3, 0.4) is 0 Å². The third-order valence-electron chi connectivity index (χ3n) is 0.183. The summed E-state index contributed by atoms with van der Waals surface area (Å²) in [5, 5.41) is 0. The number of carbonyl (C=O) groups is 1. The molecule has 9 heteroatoms. The van der Waals surface area contributed by atoms with E-state index in [-0.39, 0.29) is 216 Å². The van der Waals surface area contributed by atoms with Gasteiger partial charge in [-0.2, -0.15) is 13.3 Å². The number of hydrogen-bond donors (Lipinski definition) is 0. The SMILES string of the molecule is C.C.C.C.C.C.C.C.C.C.C.C.C.CC(C)=O.CN(C)[C-]=O.C[C-]=O.[CH-]=O.[CH3-].[CH3-].[CH3-].[CH3-].[W+2].[W+2].[W+2].[W]. The molecule has 0 N–H and O–H groups in total. The molecule has 0 atom stereocenters. The first kappa shape index (κ1) is 356. The quantitative estimate of drug-likeness (QED) is 0.149. The Kier molecular flexibility index (Phi) is 4930. The minimum atomic E-state index is 0. The van der Waals surface area contributed by atoms with E-state index in [0.717, 1.165) is 0 Å². The Bertz CT molecular complexity index is 155. The summed E-state index contributed by atoms with van der Waals surface area (Å²) in [4.78, 5) is 36.5. The van der Waals surface area contributed by atoms with Crippen LogP contribution in [-0.4, -0.2) is 44.3 Å². The van der Waals surface area contributed by atoms with E-state index in [0.29, 0.717) is 0 Å². The summed E-state index contributed by atoms with van der Waals surface area (Å²) in [6.45, 7) is 7.62. The maximum atomic E-state index is 9.44. The van der Waals surface area contributed by atoms with Gasteiger partial charge in [-0.05, 0) is 27.9 Å². The second kappa shape index (κ2) is 484. The fourth-order valence-electron chi connectivity index (χ4n) is 0. The van der Waals surface area contributed by atoms with Crippen molar-refractivity contribution < 1.29 is 103 Å². The third-order valence-corrected chi connectivity index (χ3v) is 0.183. The Morgan fingerprint density at radius 3 is 0.600 bits per heavy atom. The standard InChI is InChI=1S/C3H6NO.C3H6O.C2H3O.CHO.13CH4.4CH3.4W/c1-4(2)3-5;1-3(2)4;1-2-3;1-2;;;;;;;;;;;;;;;;;;;;;/h1-2H3;1-2H3;1H3;1H;13*1H4;4*1H3;;;;/q-1;;2*-1;;;;;;;;;;;;;;4*-1;;3*+2. The van der Waals surface area contributed by atoms with Gasteiger partial charge in [0.25, 0.3) is 0 Å². The van der Waals surface area contributed by atoms with Crippen molar-refractivity contribution in [3.63, 3.8) is 0 Å². The maximum Gasteiger partial charge on any atom is 2.00 e.